The molecule has 0 aromatic heterocycles. The zero-order chi connectivity index (χ0) is 8.27. The molecule has 66 valence electrons. The zero-order valence-corrected chi connectivity index (χ0v) is 7.31. The number of piperazine rings is 1. The minimum absolute atomic E-state index is 0.228. The third-order valence-corrected chi connectivity index (χ3v) is 2.35. The smallest absolute Gasteiger partial charge is 0.102 e. The second-order valence-electron chi connectivity index (χ2n) is 3.28. The predicted octanol–water partition coefficient (Wildman–Crippen LogP) is 0.638. The molecule has 3 heteroatoms. The first-order valence-corrected chi connectivity index (χ1v) is 4.28. The molecular weight excluding hydrogens is 143 g/mol. The van der Waals surface area contributed by atoms with Crippen molar-refractivity contribution in [3.05, 3.63) is 0 Å². The summed E-state index contributed by atoms with van der Waals surface area (Å²) < 4.78 is 12.1. The molecule has 1 rings (SSSR count). The Bertz CT molecular complexity index is 109. The molecule has 0 aliphatic carbocycles. The van der Waals surface area contributed by atoms with E-state index in [0.29, 0.717) is 18.6 Å². The molecule has 0 bridgehead atoms. The summed E-state index contributed by atoms with van der Waals surface area (Å²) >= 11 is 0. The maximum atomic E-state index is 12.1. The molecule has 1 aliphatic rings. The van der Waals surface area contributed by atoms with E-state index in [4.69, 9.17) is 0 Å². The van der Waals surface area contributed by atoms with Crippen LogP contribution in [0.2, 0.25) is 0 Å². The Morgan fingerprint density at radius 1 is 1.36 bits per heavy atom. The Morgan fingerprint density at radius 3 is 2.36 bits per heavy atom. The number of nitrogens with zero attached hydrogens (tertiary/aromatic N) is 1. The molecule has 0 saturated carbocycles. The fourth-order valence-electron chi connectivity index (χ4n) is 1.71. The summed E-state index contributed by atoms with van der Waals surface area (Å²) in [7, 11) is 0. The van der Waals surface area contributed by atoms with E-state index in [1.807, 2.05) is 0 Å². The number of rotatable bonds is 2. The lowest BCUT2D eigenvalue weighted by atomic mass is 10.1. The van der Waals surface area contributed by atoms with Crippen molar-refractivity contribution in [1.29, 1.82) is 0 Å². The molecular formula is C8H17FN2. The molecule has 1 saturated heterocycles. The van der Waals surface area contributed by atoms with Crippen LogP contribution < -0.4 is 5.32 Å². The first-order chi connectivity index (χ1) is 5.25. The van der Waals surface area contributed by atoms with Crippen LogP contribution in [-0.2, 0) is 0 Å². The van der Waals surface area contributed by atoms with Gasteiger partial charge in [0.1, 0.15) is 6.67 Å². The van der Waals surface area contributed by atoms with Gasteiger partial charge in [-0.25, -0.2) is 4.39 Å². The van der Waals surface area contributed by atoms with Gasteiger partial charge in [0.05, 0.1) is 0 Å². The third-order valence-electron chi connectivity index (χ3n) is 2.35. The van der Waals surface area contributed by atoms with E-state index in [9.17, 15) is 4.39 Å². The SMILES string of the molecule is CC1CNCC(C)N1CCF. The molecule has 0 radical (unpaired) electrons. The van der Waals surface area contributed by atoms with Gasteiger partial charge in [0.15, 0.2) is 0 Å². The van der Waals surface area contributed by atoms with Crippen LogP contribution in [0.25, 0.3) is 0 Å². The quantitative estimate of drug-likeness (QED) is 0.637. The Hall–Kier alpha value is -0.150. The Kier molecular flexibility index (Phi) is 3.27. The van der Waals surface area contributed by atoms with Crippen LogP contribution in [0.5, 0.6) is 0 Å². The maximum absolute atomic E-state index is 12.1. The van der Waals surface area contributed by atoms with Crippen molar-refractivity contribution in [2.24, 2.45) is 0 Å². The van der Waals surface area contributed by atoms with Crippen molar-refractivity contribution in [3.8, 4) is 0 Å². The summed E-state index contributed by atoms with van der Waals surface area (Å²) in [6, 6.07) is 0.962. The average molecular weight is 160 g/mol. The van der Waals surface area contributed by atoms with Crippen molar-refractivity contribution >= 4 is 0 Å². The summed E-state index contributed by atoms with van der Waals surface area (Å²) in [6.45, 7) is 6.62. The Labute approximate surface area is 67.8 Å². The number of halogens is 1. The second kappa shape index (κ2) is 4.02. The molecule has 1 fully saturated rings. The van der Waals surface area contributed by atoms with E-state index in [0.717, 1.165) is 13.1 Å². The summed E-state index contributed by atoms with van der Waals surface area (Å²) in [4.78, 5) is 2.22. The van der Waals surface area contributed by atoms with Gasteiger partial charge in [0.2, 0.25) is 0 Å². The van der Waals surface area contributed by atoms with E-state index in [1.54, 1.807) is 0 Å². The summed E-state index contributed by atoms with van der Waals surface area (Å²) in [5.41, 5.74) is 0. The van der Waals surface area contributed by atoms with E-state index in [1.165, 1.54) is 0 Å². The van der Waals surface area contributed by atoms with Gasteiger partial charge >= 0.3 is 0 Å². The number of nitrogens with one attached hydrogen (secondary N) is 1. The van der Waals surface area contributed by atoms with Crippen molar-refractivity contribution < 1.29 is 4.39 Å². The predicted molar refractivity (Wildman–Crippen MR) is 44.5 cm³/mol. The van der Waals surface area contributed by atoms with Gasteiger partial charge in [0, 0.05) is 31.7 Å². The first kappa shape index (κ1) is 8.94. The van der Waals surface area contributed by atoms with Gasteiger partial charge in [-0.15, -0.1) is 0 Å². The molecule has 0 amide bonds. The zero-order valence-electron chi connectivity index (χ0n) is 7.31. The Balaban J connectivity index is 2.41. The van der Waals surface area contributed by atoms with E-state index in [-0.39, 0.29) is 6.67 Å². The van der Waals surface area contributed by atoms with Gasteiger partial charge in [-0.1, -0.05) is 0 Å². The molecule has 0 aromatic rings. The van der Waals surface area contributed by atoms with Crippen LogP contribution >= 0.6 is 0 Å². The number of hydrogen-bond donors (Lipinski definition) is 1. The summed E-state index contributed by atoms with van der Waals surface area (Å²) in [5.74, 6) is 0. The van der Waals surface area contributed by atoms with E-state index >= 15 is 0 Å². The topological polar surface area (TPSA) is 15.3 Å². The highest BCUT2D eigenvalue weighted by Crippen LogP contribution is 2.08. The molecule has 2 unspecified atom stereocenters. The lowest BCUT2D eigenvalue weighted by molar-refractivity contribution is 0.108. The van der Waals surface area contributed by atoms with Crippen LogP contribution in [0.15, 0.2) is 0 Å². The molecule has 2 atom stereocenters. The van der Waals surface area contributed by atoms with Crippen LogP contribution in [0, 0.1) is 0 Å². The highest BCUT2D eigenvalue weighted by molar-refractivity contribution is 4.81. The van der Waals surface area contributed by atoms with Gasteiger partial charge in [-0.3, -0.25) is 4.90 Å². The summed E-state index contributed by atoms with van der Waals surface area (Å²) in [6.07, 6.45) is 0. The number of alkyl halides is 1. The van der Waals surface area contributed by atoms with Gasteiger partial charge in [0.25, 0.3) is 0 Å². The fourth-order valence-corrected chi connectivity index (χ4v) is 1.71. The molecule has 0 spiro atoms. The van der Waals surface area contributed by atoms with Crippen molar-refractivity contribution in [3.63, 3.8) is 0 Å². The highest BCUT2D eigenvalue weighted by Gasteiger charge is 2.23. The molecule has 1 N–H and O–H groups in total. The van der Waals surface area contributed by atoms with Gasteiger partial charge in [-0.05, 0) is 13.8 Å². The standard InChI is InChI=1S/C8H17FN2/c1-7-5-10-6-8(2)11(7)4-3-9/h7-8,10H,3-6H2,1-2H3. The molecule has 0 aromatic carbocycles. The molecule has 2 nitrogen and oxygen atoms in total. The van der Waals surface area contributed by atoms with Gasteiger partial charge in [-0.2, -0.15) is 0 Å². The highest BCUT2D eigenvalue weighted by atomic mass is 19.1. The van der Waals surface area contributed by atoms with Crippen molar-refractivity contribution in [2.75, 3.05) is 26.3 Å². The first-order valence-electron chi connectivity index (χ1n) is 4.28. The lowest BCUT2D eigenvalue weighted by Gasteiger charge is -2.38. The van der Waals surface area contributed by atoms with E-state index < -0.39 is 0 Å². The summed E-state index contributed by atoms with van der Waals surface area (Å²) in [5, 5.41) is 3.31. The Morgan fingerprint density at radius 2 is 1.91 bits per heavy atom. The second-order valence-corrected chi connectivity index (χ2v) is 3.28. The lowest BCUT2D eigenvalue weighted by Crippen LogP contribution is -2.55. The van der Waals surface area contributed by atoms with Crippen molar-refractivity contribution in [2.45, 2.75) is 25.9 Å². The number of hydrogen-bond acceptors (Lipinski definition) is 2. The monoisotopic (exact) mass is 160 g/mol. The molecule has 1 aliphatic heterocycles. The minimum Gasteiger partial charge on any atom is -0.314 e. The third kappa shape index (κ3) is 2.14. The largest absolute Gasteiger partial charge is 0.314 e. The van der Waals surface area contributed by atoms with E-state index in [2.05, 4.69) is 24.1 Å². The average Bonchev–Trinajstić information content (AvgIpc) is 1.97. The van der Waals surface area contributed by atoms with Crippen LogP contribution in [0.3, 0.4) is 0 Å². The molecule has 11 heavy (non-hydrogen) atoms. The molecule has 1 heterocycles. The fraction of sp³-hybridized carbons (Fsp3) is 1.00. The van der Waals surface area contributed by atoms with Crippen molar-refractivity contribution in [1.82, 2.24) is 10.2 Å². The normalized spacial score (nSPS) is 34.1. The van der Waals surface area contributed by atoms with Gasteiger partial charge < -0.3 is 5.32 Å². The van der Waals surface area contributed by atoms with Crippen LogP contribution in [0.1, 0.15) is 13.8 Å². The minimum atomic E-state index is -0.228. The van der Waals surface area contributed by atoms with Crippen LogP contribution in [0.4, 0.5) is 4.39 Å². The maximum Gasteiger partial charge on any atom is 0.102 e. The van der Waals surface area contributed by atoms with Crippen LogP contribution in [-0.4, -0.2) is 43.3 Å².